The van der Waals surface area contributed by atoms with E-state index in [1.807, 2.05) is 35.5 Å². The molecule has 3 amide bonds. The molecule has 352 valence electrons. The van der Waals surface area contributed by atoms with Gasteiger partial charge in [0.2, 0.25) is 11.8 Å². The number of carboxylic acid groups (broad SMARTS) is 1. The summed E-state index contributed by atoms with van der Waals surface area (Å²) in [6, 6.07) is 14.8. The topological polar surface area (TPSA) is 186 Å². The molecule has 4 bridgehead atoms. The van der Waals surface area contributed by atoms with Crippen molar-refractivity contribution in [3.8, 4) is 22.4 Å². The third-order valence-electron chi connectivity index (χ3n) is 13.4. The zero-order valence-corrected chi connectivity index (χ0v) is 40.1. The number of carbonyl (C=O) groups is 4. The summed E-state index contributed by atoms with van der Waals surface area (Å²) >= 11 is 3.42. The lowest BCUT2D eigenvalue weighted by atomic mass is 9.81. The number of methoxy groups -OCH3 is 1. The van der Waals surface area contributed by atoms with Crippen molar-refractivity contribution in [3.05, 3.63) is 101 Å². The van der Waals surface area contributed by atoms with Crippen molar-refractivity contribution in [2.75, 3.05) is 51.3 Å². The molecule has 2 aliphatic heterocycles. The molecule has 5 unspecified atom stereocenters. The lowest BCUT2D eigenvalue weighted by Crippen LogP contribution is -2.48. The van der Waals surface area contributed by atoms with E-state index in [-0.39, 0.29) is 36.4 Å². The third-order valence-corrected chi connectivity index (χ3v) is 14.7. The van der Waals surface area contributed by atoms with Gasteiger partial charge in [0, 0.05) is 13.1 Å². The number of allylic oxidation sites excluding steroid dienone is 4. The first-order chi connectivity index (χ1) is 32.2. The van der Waals surface area contributed by atoms with Crippen LogP contribution in [0.5, 0.6) is 0 Å². The predicted octanol–water partition coefficient (Wildman–Crippen LogP) is 8.22. The molecule has 7 aliphatic rings. The van der Waals surface area contributed by atoms with Gasteiger partial charge in [0.1, 0.15) is 17.7 Å². The molecule has 66 heavy (non-hydrogen) atoms. The summed E-state index contributed by atoms with van der Waals surface area (Å²) in [5, 5.41) is 12.9. The molecule has 5 N–H and O–H groups in total. The number of imidazole rings is 2. The number of ether oxygens (including phenoxy) is 1. The number of aromatic nitrogens is 4. The minimum Gasteiger partial charge on any atom is -0.483 e. The standard InChI is InChI=1S/C49H62N8O4S2.CH2O2/c1-50-39(21-25-62-3)47(58)56-23-5-8-44(56)46-52-30-42(54-46)38-28-32-10-14-33-13-9-31(11-15-35(38)16-12-32)27-37(33)34-17-19-36(20-18-34)41-29-51-45(53-41)43-7-6-24-57(43)48(59)40(22-26-63-4)55-49(60)61-2;2-1-3/h9,13,16-20,27-30,32,39-40,43-44,50H,5-8,10-12,14-15,21-26H2,1-4H3,(H,51,53)(H,52,54)(H,55,60);1H,(H,2,3). The van der Waals surface area contributed by atoms with Crippen molar-refractivity contribution >= 4 is 53.5 Å². The van der Waals surface area contributed by atoms with E-state index < -0.39 is 12.1 Å². The Hall–Kier alpha value is -5.32. The van der Waals surface area contributed by atoms with Crippen molar-refractivity contribution < 1.29 is 29.0 Å². The van der Waals surface area contributed by atoms with Crippen LogP contribution in [0.15, 0.2) is 72.6 Å². The zero-order chi connectivity index (χ0) is 46.6. The van der Waals surface area contributed by atoms with E-state index in [1.54, 1.807) is 23.5 Å². The lowest BCUT2D eigenvalue weighted by Gasteiger charge is -2.28. The van der Waals surface area contributed by atoms with E-state index in [9.17, 15) is 14.4 Å². The number of amides is 3. The van der Waals surface area contributed by atoms with Crippen molar-refractivity contribution in [3.63, 3.8) is 0 Å². The normalized spacial score (nSPS) is 20.0. The fourth-order valence-corrected chi connectivity index (χ4v) is 10.8. The quantitative estimate of drug-likeness (QED) is 0.0724. The number of likely N-dealkylation sites (tertiary alicyclic amines) is 2. The van der Waals surface area contributed by atoms with Gasteiger partial charge in [0.25, 0.3) is 6.47 Å². The molecule has 5 atom stereocenters. The van der Waals surface area contributed by atoms with Crippen LogP contribution < -0.4 is 10.6 Å². The molecular weight excluding hydrogens is 873 g/mol. The Morgan fingerprint density at radius 1 is 0.848 bits per heavy atom. The summed E-state index contributed by atoms with van der Waals surface area (Å²) < 4.78 is 4.82. The van der Waals surface area contributed by atoms with Crippen LogP contribution in [-0.4, -0.2) is 123 Å². The van der Waals surface area contributed by atoms with E-state index in [0.717, 1.165) is 111 Å². The van der Waals surface area contributed by atoms with Gasteiger partial charge in [-0.05, 0) is 147 Å². The van der Waals surface area contributed by atoms with Crippen LogP contribution in [0.2, 0.25) is 0 Å². The van der Waals surface area contributed by atoms with E-state index in [0.29, 0.717) is 18.9 Å². The number of nitrogens with zero attached hydrogens (tertiary/aromatic N) is 4. The Kier molecular flexibility index (Phi) is 17.2. The summed E-state index contributed by atoms with van der Waals surface area (Å²) in [6.45, 7) is 1.14. The smallest absolute Gasteiger partial charge is 0.407 e. The molecule has 2 aromatic heterocycles. The molecule has 14 nitrogen and oxygen atoms in total. The van der Waals surface area contributed by atoms with Crippen LogP contribution in [0, 0.1) is 5.92 Å². The van der Waals surface area contributed by atoms with Gasteiger partial charge in [-0.25, -0.2) is 14.8 Å². The molecule has 4 heterocycles. The van der Waals surface area contributed by atoms with Gasteiger partial charge in [-0.3, -0.25) is 14.4 Å². The number of alkyl carbamates (subject to hydrolysis) is 1. The molecule has 4 aromatic rings. The van der Waals surface area contributed by atoms with Gasteiger partial charge < -0.3 is 40.2 Å². The molecule has 0 radical (unpaired) electrons. The average molecular weight is 937 g/mol. The third kappa shape index (κ3) is 11.4. The molecule has 5 aliphatic carbocycles. The molecule has 2 saturated heterocycles. The number of thioether (sulfide) groups is 2. The molecule has 16 heteroatoms. The predicted molar refractivity (Wildman–Crippen MR) is 263 cm³/mol. The lowest BCUT2D eigenvalue weighted by molar-refractivity contribution is -0.135. The number of benzene rings is 2. The molecular formula is C50H64N8O6S2. The molecule has 0 saturated carbocycles. The first-order valence-corrected chi connectivity index (χ1v) is 25.9. The number of nitrogens with one attached hydrogen (secondary N) is 4. The van der Waals surface area contributed by atoms with Gasteiger partial charge >= 0.3 is 6.09 Å². The second-order valence-electron chi connectivity index (χ2n) is 17.4. The van der Waals surface area contributed by atoms with Crippen LogP contribution in [-0.2, 0) is 32.0 Å². The number of hydrogen-bond donors (Lipinski definition) is 5. The minimum atomic E-state index is -0.644. The van der Waals surface area contributed by atoms with Gasteiger partial charge in [-0.2, -0.15) is 23.5 Å². The average Bonchev–Trinajstić information content (AvgIpc) is 4.19. The maximum absolute atomic E-state index is 13.7. The highest BCUT2D eigenvalue weighted by Gasteiger charge is 2.37. The van der Waals surface area contributed by atoms with Crippen LogP contribution in [0.25, 0.3) is 28.0 Å². The Bertz CT molecular complexity index is 2360. The van der Waals surface area contributed by atoms with Crippen molar-refractivity contribution in [1.82, 2.24) is 40.4 Å². The van der Waals surface area contributed by atoms with Crippen molar-refractivity contribution in [2.45, 2.75) is 94.8 Å². The van der Waals surface area contributed by atoms with E-state index in [4.69, 9.17) is 24.6 Å². The summed E-state index contributed by atoms with van der Waals surface area (Å²) in [6.07, 6.45) is 22.1. The summed E-state index contributed by atoms with van der Waals surface area (Å²) in [5.41, 5.74) is 10.8. The number of carbonyl (C=O) groups excluding carboxylic acids is 3. The zero-order valence-electron chi connectivity index (χ0n) is 38.5. The maximum atomic E-state index is 13.7. The van der Waals surface area contributed by atoms with E-state index in [2.05, 4.69) is 81.5 Å². The Labute approximate surface area is 396 Å². The molecule has 0 spiro atoms. The molecule has 11 rings (SSSR count). The highest BCUT2D eigenvalue weighted by Crippen LogP contribution is 2.39. The number of likely N-dealkylation sites (N-methyl/N-ethyl adjacent to an activating group) is 1. The monoisotopic (exact) mass is 936 g/mol. The number of aryl methyl sites for hydroxylation is 2. The summed E-state index contributed by atoms with van der Waals surface area (Å²) in [4.78, 5) is 68.6. The van der Waals surface area contributed by atoms with E-state index >= 15 is 0 Å². The van der Waals surface area contributed by atoms with Crippen LogP contribution in [0.4, 0.5) is 4.79 Å². The summed E-state index contributed by atoms with van der Waals surface area (Å²) in [5.74, 6) is 3.85. The first kappa shape index (κ1) is 48.6. The van der Waals surface area contributed by atoms with Gasteiger partial charge in [0.15, 0.2) is 0 Å². The molecule has 2 fully saturated rings. The number of hydrogen-bond acceptors (Lipinski definition) is 10. The minimum absolute atomic E-state index is 0.0243. The fourth-order valence-electron chi connectivity index (χ4n) is 9.88. The first-order valence-electron chi connectivity index (χ1n) is 23.1. The highest BCUT2D eigenvalue weighted by molar-refractivity contribution is 7.98. The van der Waals surface area contributed by atoms with Crippen LogP contribution in [0.3, 0.4) is 0 Å². The van der Waals surface area contributed by atoms with Gasteiger partial charge in [0.05, 0.1) is 49.0 Å². The number of rotatable bonds is 15. The molecule has 2 aromatic carbocycles. The Balaban J connectivity index is 0.00000210. The fraction of sp³-hybridized carbons (Fsp3) is 0.480. The largest absolute Gasteiger partial charge is 0.483 e. The maximum Gasteiger partial charge on any atom is 0.407 e. The van der Waals surface area contributed by atoms with Gasteiger partial charge in [-0.1, -0.05) is 54.6 Å². The number of aromatic amines is 2. The Morgan fingerprint density at radius 3 is 2.09 bits per heavy atom. The SMILES string of the molecule is CNC(CCSC)C(=O)N1CCCC1c1ncc(C2=CC3CC=C2CCc2ccc(c(-c4ccc(-c5cnc(C6CCCN6C(=O)C(CCSC)NC(=O)OC)[nH]5)cc4)c2)CC3)[nH]1.O=CO. The van der Waals surface area contributed by atoms with Crippen molar-refractivity contribution in [2.24, 2.45) is 5.92 Å². The second-order valence-corrected chi connectivity index (χ2v) is 19.3. The number of H-pyrrole nitrogens is 2. The van der Waals surface area contributed by atoms with E-state index in [1.165, 1.54) is 40.5 Å². The van der Waals surface area contributed by atoms with Crippen LogP contribution >= 0.6 is 23.5 Å². The highest BCUT2D eigenvalue weighted by atomic mass is 32.2. The summed E-state index contributed by atoms with van der Waals surface area (Å²) in [7, 11) is 3.20. The second kappa shape index (κ2) is 23.4. The van der Waals surface area contributed by atoms with Crippen LogP contribution in [0.1, 0.15) is 98.3 Å². The van der Waals surface area contributed by atoms with Crippen molar-refractivity contribution in [1.29, 1.82) is 0 Å². The Morgan fingerprint density at radius 2 is 1.45 bits per heavy atom. The van der Waals surface area contributed by atoms with Gasteiger partial charge in [-0.15, -0.1) is 0 Å².